The van der Waals surface area contributed by atoms with E-state index in [0.717, 1.165) is 12.1 Å². The second kappa shape index (κ2) is 8.90. The first-order valence-electron chi connectivity index (χ1n) is 8.43. The minimum absolute atomic E-state index is 0.0381. The predicted octanol–water partition coefficient (Wildman–Crippen LogP) is 4.93. The lowest BCUT2D eigenvalue weighted by Gasteiger charge is -2.23. The monoisotopic (exact) mass is 428 g/mol. The van der Waals surface area contributed by atoms with Crippen molar-refractivity contribution in [2.24, 2.45) is 0 Å². The number of carbonyl (C=O) groups is 1. The van der Waals surface area contributed by atoms with E-state index in [2.05, 4.69) is 0 Å². The van der Waals surface area contributed by atoms with Crippen molar-refractivity contribution in [2.45, 2.75) is 31.7 Å². The standard InChI is InChI=1S/C20H16Cl2F2O4/c21-12-5-17(22)16(4-3-15-8-14(25)9-20(26)28-15)19(6-12)27-10-11-1-2-13(23)7-18(11)24/h1-7,14-15,25H,8-10H2/b4-3+/t14-,15-/m1/s1. The van der Waals surface area contributed by atoms with E-state index >= 15 is 0 Å². The van der Waals surface area contributed by atoms with Gasteiger partial charge in [-0.3, -0.25) is 4.79 Å². The number of halogens is 4. The van der Waals surface area contributed by atoms with Gasteiger partial charge >= 0.3 is 5.97 Å². The number of hydrogen-bond donors (Lipinski definition) is 1. The number of benzene rings is 2. The van der Waals surface area contributed by atoms with Gasteiger partial charge in [-0.25, -0.2) is 8.78 Å². The van der Waals surface area contributed by atoms with Gasteiger partial charge in [-0.15, -0.1) is 0 Å². The first-order chi connectivity index (χ1) is 13.3. The Morgan fingerprint density at radius 2 is 2.04 bits per heavy atom. The Bertz CT molecular complexity index is 917. The molecule has 0 unspecified atom stereocenters. The van der Waals surface area contributed by atoms with Crippen LogP contribution < -0.4 is 4.74 Å². The Balaban J connectivity index is 1.81. The number of aliphatic hydroxyl groups is 1. The van der Waals surface area contributed by atoms with Crippen molar-refractivity contribution < 1.29 is 28.2 Å². The van der Waals surface area contributed by atoms with Crippen molar-refractivity contribution in [3.63, 3.8) is 0 Å². The van der Waals surface area contributed by atoms with Gasteiger partial charge in [0.15, 0.2) is 0 Å². The summed E-state index contributed by atoms with van der Waals surface area (Å²) in [6.45, 7) is -0.166. The molecule has 28 heavy (non-hydrogen) atoms. The maximum Gasteiger partial charge on any atom is 0.309 e. The van der Waals surface area contributed by atoms with E-state index in [1.165, 1.54) is 18.2 Å². The Kier molecular flexibility index (Phi) is 6.54. The number of cyclic esters (lactones) is 1. The molecule has 0 saturated carbocycles. The number of carbonyl (C=O) groups excluding carboxylic acids is 1. The molecular formula is C20H16Cl2F2O4. The molecule has 2 aromatic carbocycles. The summed E-state index contributed by atoms with van der Waals surface area (Å²) < 4.78 is 37.7. The molecule has 2 aromatic rings. The number of esters is 1. The molecule has 0 aliphatic carbocycles. The van der Waals surface area contributed by atoms with Crippen LogP contribution in [0.4, 0.5) is 8.78 Å². The molecule has 1 aliphatic rings. The second-order valence-electron chi connectivity index (χ2n) is 6.30. The minimum atomic E-state index is -0.770. The topological polar surface area (TPSA) is 55.8 Å². The summed E-state index contributed by atoms with van der Waals surface area (Å²) in [5, 5.41) is 10.3. The number of rotatable bonds is 5. The van der Waals surface area contributed by atoms with E-state index in [-0.39, 0.29) is 35.8 Å². The molecule has 0 bridgehead atoms. The van der Waals surface area contributed by atoms with Gasteiger partial charge in [0.1, 0.15) is 30.1 Å². The van der Waals surface area contributed by atoms with Crippen molar-refractivity contribution in [1.82, 2.24) is 0 Å². The van der Waals surface area contributed by atoms with Gasteiger partial charge in [0.25, 0.3) is 0 Å². The van der Waals surface area contributed by atoms with Crippen LogP contribution in [0.2, 0.25) is 10.0 Å². The van der Waals surface area contributed by atoms with E-state index in [0.29, 0.717) is 10.6 Å². The highest BCUT2D eigenvalue weighted by Gasteiger charge is 2.25. The third-order valence-corrected chi connectivity index (χ3v) is 4.65. The molecular weight excluding hydrogens is 413 g/mol. The van der Waals surface area contributed by atoms with E-state index in [9.17, 15) is 18.7 Å². The van der Waals surface area contributed by atoms with Crippen LogP contribution in [-0.4, -0.2) is 23.3 Å². The fourth-order valence-electron chi connectivity index (χ4n) is 2.77. The SMILES string of the molecule is O=C1C[C@H](O)C[C@@H](/C=C/c2c(Cl)cc(Cl)cc2OCc2ccc(F)cc2F)O1. The molecule has 1 fully saturated rings. The fourth-order valence-corrected chi connectivity index (χ4v) is 3.30. The Labute approximate surface area is 170 Å². The third kappa shape index (κ3) is 5.22. The Morgan fingerprint density at radius 3 is 2.75 bits per heavy atom. The maximum atomic E-state index is 13.8. The summed E-state index contributed by atoms with van der Waals surface area (Å²) >= 11 is 12.3. The average Bonchev–Trinajstić information content (AvgIpc) is 2.59. The fraction of sp³-hybridized carbons (Fsp3) is 0.250. The van der Waals surface area contributed by atoms with E-state index < -0.39 is 29.8 Å². The van der Waals surface area contributed by atoms with Crippen molar-refractivity contribution in [3.8, 4) is 5.75 Å². The summed E-state index contributed by atoms with van der Waals surface area (Å²) in [6.07, 6.45) is 2.03. The largest absolute Gasteiger partial charge is 0.488 e. The van der Waals surface area contributed by atoms with Crippen LogP contribution in [0.15, 0.2) is 36.4 Å². The second-order valence-corrected chi connectivity index (χ2v) is 7.15. The van der Waals surface area contributed by atoms with Crippen LogP contribution in [0.1, 0.15) is 24.0 Å². The lowest BCUT2D eigenvalue weighted by molar-refractivity contribution is -0.156. The van der Waals surface area contributed by atoms with Gasteiger partial charge in [-0.1, -0.05) is 29.3 Å². The van der Waals surface area contributed by atoms with Crippen molar-refractivity contribution >= 4 is 35.2 Å². The molecule has 0 amide bonds. The van der Waals surface area contributed by atoms with Crippen molar-refractivity contribution in [2.75, 3.05) is 0 Å². The van der Waals surface area contributed by atoms with E-state index in [1.54, 1.807) is 12.2 Å². The third-order valence-electron chi connectivity index (χ3n) is 4.12. The molecule has 1 aliphatic heterocycles. The van der Waals surface area contributed by atoms with Gasteiger partial charge in [0, 0.05) is 28.6 Å². The Hall–Kier alpha value is -2.15. The summed E-state index contributed by atoms with van der Waals surface area (Å²) in [5.74, 6) is -1.62. The van der Waals surface area contributed by atoms with Crippen LogP contribution in [0.25, 0.3) is 6.08 Å². The Morgan fingerprint density at radius 1 is 1.25 bits per heavy atom. The highest BCUT2D eigenvalue weighted by Crippen LogP contribution is 2.33. The predicted molar refractivity (Wildman–Crippen MR) is 101 cm³/mol. The number of hydrogen-bond acceptors (Lipinski definition) is 4. The van der Waals surface area contributed by atoms with Gasteiger partial charge in [0.05, 0.1) is 17.5 Å². The molecule has 1 heterocycles. The highest BCUT2D eigenvalue weighted by molar-refractivity contribution is 6.35. The van der Waals surface area contributed by atoms with Gasteiger partial charge in [-0.2, -0.15) is 0 Å². The summed E-state index contributed by atoms with van der Waals surface area (Å²) in [6, 6.07) is 6.21. The minimum Gasteiger partial charge on any atom is -0.488 e. The molecule has 2 atom stereocenters. The maximum absolute atomic E-state index is 13.8. The zero-order valence-corrected chi connectivity index (χ0v) is 16.0. The zero-order valence-electron chi connectivity index (χ0n) is 14.5. The average molecular weight is 429 g/mol. The molecule has 148 valence electrons. The summed E-state index contributed by atoms with van der Waals surface area (Å²) in [7, 11) is 0. The number of ether oxygens (including phenoxy) is 2. The highest BCUT2D eigenvalue weighted by atomic mass is 35.5. The molecule has 3 rings (SSSR count). The lowest BCUT2D eigenvalue weighted by Crippen LogP contribution is -2.31. The van der Waals surface area contributed by atoms with Gasteiger partial charge in [0.2, 0.25) is 0 Å². The molecule has 1 saturated heterocycles. The van der Waals surface area contributed by atoms with Gasteiger partial charge < -0.3 is 14.6 Å². The van der Waals surface area contributed by atoms with Gasteiger partial charge in [-0.05, 0) is 30.3 Å². The normalized spacial score (nSPS) is 19.7. The summed E-state index contributed by atoms with van der Waals surface area (Å²) in [4.78, 5) is 11.4. The van der Waals surface area contributed by atoms with Crippen LogP contribution >= 0.6 is 23.2 Å². The zero-order chi connectivity index (χ0) is 20.3. The molecule has 0 radical (unpaired) electrons. The van der Waals surface area contributed by atoms with Crippen LogP contribution in [0.5, 0.6) is 5.75 Å². The lowest BCUT2D eigenvalue weighted by atomic mass is 10.0. The van der Waals surface area contributed by atoms with E-state index in [1.807, 2.05) is 0 Å². The summed E-state index contributed by atoms with van der Waals surface area (Å²) in [5.41, 5.74) is 0.612. The molecule has 4 nitrogen and oxygen atoms in total. The molecule has 8 heteroatoms. The number of aliphatic hydroxyl groups excluding tert-OH is 1. The van der Waals surface area contributed by atoms with Crippen LogP contribution in [0.3, 0.4) is 0 Å². The molecule has 0 spiro atoms. The quantitative estimate of drug-likeness (QED) is 0.685. The molecule has 0 aromatic heterocycles. The van der Waals surface area contributed by atoms with E-state index in [4.69, 9.17) is 32.7 Å². The smallest absolute Gasteiger partial charge is 0.309 e. The molecule has 1 N–H and O–H groups in total. The van der Waals surface area contributed by atoms with Crippen LogP contribution in [0, 0.1) is 11.6 Å². The van der Waals surface area contributed by atoms with Crippen LogP contribution in [-0.2, 0) is 16.1 Å². The first kappa shape index (κ1) is 20.6. The van der Waals surface area contributed by atoms with Crippen molar-refractivity contribution in [3.05, 3.63) is 69.2 Å². The first-order valence-corrected chi connectivity index (χ1v) is 9.19. The van der Waals surface area contributed by atoms with Crippen molar-refractivity contribution in [1.29, 1.82) is 0 Å².